The maximum absolute atomic E-state index is 12.0. The summed E-state index contributed by atoms with van der Waals surface area (Å²) in [6, 6.07) is 4.17. The first kappa shape index (κ1) is 20.6. The molecule has 4 N–H and O–H groups in total. The van der Waals surface area contributed by atoms with Gasteiger partial charge in [0.25, 0.3) is 5.91 Å². The minimum atomic E-state index is -3.98. The van der Waals surface area contributed by atoms with Crippen molar-refractivity contribution in [3.8, 4) is 5.75 Å². The number of nitrogens with one attached hydrogen (secondary N) is 3. The van der Waals surface area contributed by atoms with Crippen molar-refractivity contribution in [2.45, 2.75) is 32.4 Å². The second kappa shape index (κ2) is 8.11. The van der Waals surface area contributed by atoms with Gasteiger partial charge in [-0.25, -0.2) is 4.72 Å². The zero-order valence-corrected chi connectivity index (χ0v) is 17.0. The first-order chi connectivity index (χ1) is 13.7. The van der Waals surface area contributed by atoms with Crippen LogP contribution < -0.4 is 15.4 Å². The number of aromatic hydroxyl groups is 1. The number of phenols is 1. The van der Waals surface area contributed by atoms with E-state index in [0.29, 0.717) is 6.42 Å². The lowest BCUT2D eigenvalue weighted by Crippen LogP contribution is -2.36. The van der Waals surface area contributed by atoms with E-state index in [1.54, 1.807) is 12.3 Å². The summed E-state index contributed by atoms with van der Waals surface area (Å²) in [4.78, 5) is 16.4. The van der Waals surface area contributed by atoms with Crippen molar-refractivity contribution in [1.82, 2.24) is 10.0 Å². The van der Waals surface area contributed by atoms with Crippen LogP contribution in [0, 0.1) is 5.92 Å². The first-order valence-electron chi connectivity index (χ1n) is 9.04. The predicted molar refractivity (Wildman–Crippen MR) is 109 cm³/mol. The van der Waals surface area contributed by atoms with Gasteiger partial charge in [0.15, 0.2) is 17.4 Å². The van der Waals surface area contributed by atoms with Crippen molar-refractivity contribution < 1.29 is 23.1 Å². The van der Waals surface area contributed by atoms with Gasteiger partial charge in [-0.05, 0) is 24.1 Å². The smallest absolute Gasteiger partial charge is 0.345 e. The van der Waals surface area contributed by atoms with E-state index >= 15 is 0 Å². The van der Waals surface area contributed by atoms with Crippen LogP contribution in [-0.4, -0.2) is 50.3 Å². The molecule has 0 radical (unpaired) electrons. The zero-order chi connectivity index (χ0) is 21.2. The van der Waals surface area contributed by atoms with E-state index in [0.717, 1.165) is 0 Å². The van der Waals surface area contributed by atoms with Crippen molar-refractivity contribution in [1.29, 1.82) is 0 Å². The lowest BCUT2D eigenvalue weighted by Gasteiger charge is -2.23. The highest BCUT2D eigenvalue weighted by Gasteiger charge is 2.32. The summed E-state index contributed by atoms with van der Waals surface area (Å²) in [5.41, 5.74) is 0.159. The molecule has 2 aliphatic rings. The molecule has 10 nitrogen and oxygen atoms in total. The molecule has 1 amide bonds. The molecule has 1 aromatic carbocycles. The average Bonchev–Trinajstić information content (AvgIpc) is 3.28. The van der Waals surface area contributed by atoms with Crippen LogP contribution in [0.3, 0.4) is 0 Å². The van der Waals surface area contributed by atoms with Crippen LogP contribution in [-0.2, 0) is 14.9 Å². The molecule has 0 fully saturated rings. The van der Waals surface area contributed by atoms with Gasteiger partial charge in [-0.1, -0.05) is 19.9 Å². The largest absolute Gasteiger partial charge is 0.505 e. The van der Waals surface area contributed by atoms with Gasteiger partial charge in [-0.15, -0.1) is 4.40 Å². The molecule has 0 spiro atoms. The van der Waals surface area contributed by atoms with Crippen LogP contribution in [0.15, 0.2) is 39.9 Å². The van der Waals surface area contributed by atoms with Gasteiger partial charge in [-0.2, -0.15) is 8.42 Å². The SMILES string of the molecule is CNC(=O)c1cccc(NC2=NS(=O)(=O)NC2=N[C@H](C(C)C)C2CC=CO2)c1O. The fourth-order valence-corrected chi connectivity index (χ4v) is 3.86. The number of aliphatic imine (C=N–C) groups is 1. The third-order valence-electron chi connectivity index (χ3n) is 4.48. The standard InChI is InChI=1S/C18H23N5O5S/c1-10(2)14(13-8-5-9-28-13)21-17-16(22-29(26,27)23-17)20-12-7-4-6-11(15(12)24)18(25)19-3/h4-7,9-10,13-14,24H,8H2,1-3H3,(H,19,25)(H,20,22)(H,21,23)/t13?,14-/m1/s1. The minimum Gasteiger partial charge on any atom is -0.505 e. The number of benzene rings is 1. The molecule has 0 saturated carbocycles. The van der Waals surface area contributed by atoms with Crippen LogP contribution in [0.4, 0.5) is 5.69 Å². The van der Waals surface area contributed by atoms with Gasteiger partial charge in [0.1, 0.15) is 6.10 Å². The van der Waals surface area contributed by atoms with Crippen LogP contribution in [0.5, 0.6) is 5.75 Å². The Morgan fingerprint density at radius 1 is 1.41 bits per heavy atom. The van der Waals surface area contributed by atoms with Crippen molar-refractivity contribution in [2.75, 3.05) is 12.4 Å². The Morgan fingerprint density at radius 2 is 2.17 bits per heavy atom. The molecule has 2 atom stereocenters. The first-order valence-corrected chi connectivity index (χ1v) is 10.5. The summed E-state index contributed by atoms with van der Waals surface area (Å²) in [7, 11) is -2.54. The van der Waals surface area contributed by atoms with Crippen molar-refractivity contribution in [3.05, 3.63) is 36.1 Å². The van der Waals surface area contributed by atoms with Crippen LogP contribution in [0.1, 0.15) is 30.6 Å². The highest BCUT2D eigenvalue weighted by molar-refractivity contribution is 7.89. The maximum Gasteiger partial charge on any atom is 0.345 e. The number of phenolic OH excluding ortho intramolecular Hbond substituents is 1. The zero-order valence-electron chi connectivity index (χ0n) is 16.2. The number of nitrogens with zero attached hydrogens (tertiary/aromatic N) is 2. The Morgan fingerprint density at radius 3 is 2.79 bits per heavy atom. The molecule has 2 heterocycles. The Hall–Kier alpha value is -3.08. The Kier molecular flexibility index (Phi) is 5.78. The maximum atomic E-state index is 12.0. The number of rotatable bonds is 5. The quantitative estimate of drug-likeness (QED) is 0.525. The van der Waals surface area contributed by atoms with Gasteiger partial charge >= 0.3 is 10.2 Å². The van der Waals surface area contributed by atoms with Crippen molar-refractivity contribution in [2.24, 2.45) is 15.3 Å². The van der Waals surface area contributed by atoms with Gasteiger partial charge in [0.05, 0.1) is 23.6 Å². The number of carbonyl (C=O) groups is 1. The molecule has 29 heavy (non-hydrogen) atoms. The van der Waals surface area contributed by atoms with E-state index in [1.807, 2.05) is 19.9 Å². The molecule has 11 heteroatoms. The normalized spacial score (nSPS) is 22.1. The molecule has 0 bridgehead atoms. The van der Waals surface area contributed by atoms with Gasteiger partial charge in [0, 0.05) is 13.5 Å². The number of hydrogen-bond donors (Lipinski definition) is 4. The molecule has 0 aromatic heterocycles. The number of hydrogen-bond acceptors (Lipinski definition) is 7. The molecule has 3 rings (SSSR count). The summed E-state index contributed by atoms with van der Waals surface area (Å²) in [6.45, 7) is 3.92. The van der Waals surface area contributed by atoms with E-state index in [4.69, 9.17) is 4.74 Å². The topological polar surface area (TPSA) is 141 Å². The van der Waals surface area contributed by atoms with Gasteiger partial charge in [-0.3, -0.25) is 9.79 Å². The van der Waals surface area contributed by atoms with Gasteiger partial charge in [0.2, 0.25) is 0 Å². The molecular formula is C18H23N5O5S. The number of amidine groups is 2. The van der Waals surface area contributed by atoms with E-state index in [-0.39, 0.29) is 46.7 Å². The Balaban J connectivity index is 1.93. The second-order valence-electron chi connectivity index (χ2n) is 6.92. The van der Waals surface area contributed by atoms with Crippen LogP contribution in [0.2, 0.25) is 0 Å². The summed E-state index contributed by atoms with van der Waals surface area (Å²) in [5.74, 6) is -0.800. The van der Waals surface area contributed by atoms with Gasteiger partial charge < -0.3 is 20.5 Å². The second-order valence-corrected chi connectivity index (χ2v) is 8.25. The van der Waals surface area contributed by atoms with Crippen molar-refractivity contribution in [3.63, 3.8) is 0 Å². The molecule has 0 aliphatic carbocycles. The van der Waals surface area contributed by atoms with Crippen LogP contribution in [0.25, 0.3) is 0 Å². The molecule has 156 valence electrons. The van der Waals surface area contributed by atoms with E-state index in [2.05, 4.69) is 24.7 Å². The fraction of sp³-hybridized carbons (Fsp3) is 0.389. The lowest BCUT2D eigenvalue weighted by atomic mass is 9.97. The number of carbonyl (C=O) groups excluding carboxylic acids is 1. The van der Waals surface area contributed by atoms with Crippen molar-refractivity contribution >= 4 is 33.5 Å². The van der Waals surface area contributed by atoms with E-state index in [1.165, 1.54) is 19.2 Å². The lowest BCUT2D eigenvalue weighted by molar-refractivity contribution is 0.0960. The number of para-hydroxylation sites is 1. The molecule has 1 unspecified atom stereocenters. The Bertz CT molecular complexity index is 992. The Labute approximate surface area is 169 Å². The third-order valence-corrected chi connectivity index (χ3v) is 5.36. The molecule has 2 aliphatic heterocycles. The van der Waals surface area contributed by atoms with E-state index in [9.17, 15) is 18.3 Å². The summed E-state index contributed by atoms with van der Waals surface area (Å²) in [5, 5.41) is 15.6. The summed E-state index contributed by atoms with van der Waals surface area (Å²) >= 11 is 0. The minimum absolute atomic E-state index is 0.0175. The summed E-state index contributed by atoms with van der Waals surface area (Å²) in [6.07, 6.45) is 3.95. The average molecular weight is 421 g/mol. The third kappa shape index (κ3) is 4.50. The molecule has 1 aromatic rings. The highest BCUT2D eigenvalue weighted by Crippen LogP contribution is 2.28. The fourth-order valence-electron chi connectivity index (χ4n) is 3.05. The predicted octanol–water partition coefficient (Wildman–Crippen LogP) is 1.14. The number of anilines is 1. The monoisotopic (exact) mass is 421 g/mol. The summed E-state index contributed by atoms with van der Waals surface area (Å²) < 4.78 is 35.6. The highest BCUT2D eigenvalue weighted by atomic mass is 32.2. The number of amides is 1. The molecule has 0 saturated heterocycles. The van der Waals surface area contributed by atoms with E-state index < -0.39 is 16.1 Å². The molecular weight excluding hydrogens is 398 g/mol. The van der Waals surface area contributed by atoms with Crippen LogP contribution >= 0.6 is 0 Å². The number of ether oxygens (including phenoxy) is 1.